The standard InChI is InChI=1S/C17H14F3NO/c18-14-5-2-12-9-21(10-13(12)7-14)17(22)6-3-11-1-4-15(19)8-16(11)20/h1-2,4-5,7-8H,3,6,9-10H2. The molecule has 0 unspecified atom stereocenters. The van der Waals surface area contributed by atoms with Crippen molar-refractivity contribution in [3.8, 4) is 0 Å². The molecule has 114 valence electrons. The van der Waals surface area contributed by atoms with Crippen LogP contribution in [0.25, 0.3) is 0 Å². The highest BCUT2D eigenvalue weighted by Gasteiger charge is 2.23. The number of nitrogens with zero attached hydrogens (tertiary/aromatic N) is 1. The van der Waals surface area contributed by atoms with E-state index < -0.39 is 11.6 Å². The highest BCUT2D eigenvalue weighted by molar-refractivity contribution is 5.77. The lowest BCUT2D eigenvalue weighted by molar-refractivity contribution is -0.131. The van der Waals surface area contributed by atoms with Gasteiger partial charge in [0.25, 0.3) is 0 Å². The monoisotopic (exact) mass is 305 g/mol. The predicted molar refractivity (Wildman–Crippen MR) is 75.3 cm³/mol. The number of amides is 1. The zero-order chi connectivity index (χ0) is 15.7. The van der Waals surface area contributed by atoms with E-state index >= 15 is 0 Å². The fourth-order valence-electron chi connectivity index (χ4n) is 2.66. The molecule has 5 heteroatoms. The van der Waals surface area contributed by atoms with E-state index in [2.05, 4.69) is 0 Å². The van der Waals surface area contributed by atoms with Gasteiger partial charge in [-0.3, -0.25) is 4.79 Å². The number of aryl methyl sites for hydroxylation is 1. The summed E-state index contributed by atoms with van der Waals surface area (Å²) in [7, 11) is 0. The number of fused-ring (bicyclic) bond motifs is 1. The minimum absolute atomic E-state index is 0.125. The average Bonchev–Trinajstić information content (AvgIpc) is 2.89. The zero-order valence-electron chi connectivity index (χ0n) is 11.8. The minimum atomic E-state index is -0.639. The average molecular weight is 305 g/mol. The van der Waals surface area contributed by atoms with E-state index in [0.717, 1.165) is 17.2 Å². The summed E-state index contributed by atoms with van der Waals surface area (Å²) >= 11 is 0. The summed E-state index contributed by atoms with van der Waals surface area (Å²) in [6, 6.07) is 7.83. The molecule has 2 nitrogen and oxygen atoms in total. The van der Waals surface area contributed by atoms with Crippen molar-refractivity contribution in [2.75, 3.05) is 0 Å². The number of halogens is 3. The maximum Gasteiger partial charge on any atom is 0.223 e. The number of rotatable bonds is 3. The molecule has 2 aromatic carbocycles. The molecule has 0 N–H and O–H groups in total. The Morgan fingerprint density at radius 2 is 1.64 bits per heavy atom. The Morgan fingerprint density at radius 1 is 0.955 bits per heavy atom. The molecule has 0 fully saturated rings. The van der Waals surface area contributed by atoms with Gasteiger partial charge in [0.1, 0.15) is 17.5 Å². The molecular weight excluding hydrogens is 291 g/mol. The SMILES string of the molecule is O=C(CCc1ccc(F)cc1F)N1Cc2ccc(F)cc2C1. The van der Waals surface area contributed by atoms with Gasteiger partial charge in [0.2, 0.25) is 5.91 Å². The van der Waals surface area contributed by atoms with Crippen molar-refractivity contribution in [1.29, 1.82) is 0 Å². The third-order valence-corrected chi connectivity index (χ3v) is 3.87. The van der Waals surface area contributed by atoms with Crippen molar-refractivity contribution in [3.63, 3.8) is 0 Å². The Morgan fingerprint density at radius 3 is 2.41 bits per heavy atom. The van der Waals surface area contributed by atoms with E-state index in [9.17, 15) is 18.0 Å². The zero-order valence-corrected chi connectivity index (χ0v) is 11.8. The maximum atomic E-state index is 13.5. The topological polar surface area (TPSA) is 20.3 Å². The number of benzene rings is 2. The molecule has 0 aliphatic carbocycles. The first-order chi connectivity index (χ1) is 10.5. The van der Waals surface area contributed by atoms with Crippen LogP contribution in [0, 0.1) is 17.5 Å². The van der Waals surface area contributed by atoms with Crippen molar-refractivity contribution in [2.24, 2.45) is 0 Å². The van der Waals surface area contributed by atoms with Crippen LogP contribution in [0.5, 0.6) is 0 Å². The van der Waals surface area contributed by atoms with Gasteiger partial charge in [0.05, 0.1) is 0 Å². The highest BCUT2D eigenvalue weighted by Crippen LogP contribution is 2.24. The van der Waals surface area contributed by atoms with Crippen LogP contribution in [0.2, 0.25) is 0 Å². The Balaban J connectivity index is 1.62. The summed E-state index contributed by atoms with van der Waals surface area (Å²) in [6.07, 6.45) is 0.352. The lowest BCUT2D eigenvalue weighted by Gasteiger charge is -2.15. The second-order valence-electron chi connectivity index (χ2n) is 5.40. The van der Waals surface area contributed by atoms with Crippen LogP contribution in [-0.2, 0) is 24.3 Å². The summed E-state index contributed by atoms with van der Waals surface area (Å²) in [5.74, 6) is -1.72. The van der Waals surface area contributed by atoms with E-state index in [-0.39, 0.29) is 24.6 Å². The van der Waals surface area contributed by atoms with Gasteiger partial charge in [0, 0.05) is 25.6 Å². The Hall–Kier alpha value is -2.30. The first-order valence-corrected chi connectivity index (χ1v) is 7.02. The number of carbonyl (C=O) groups excluding carboxylic acids is 1. The molecule has 2 aromatic rings. The van der Waals surface area contributed by atoms with E-state index in [0.29, 0.717) is 18.7 Å². The lowest BCUT2D eigenvalue weighted by Crippen LogP contribution is -2.25. The third-order valence-electron chi connectivity index (χ3n) is 3.87. The first kappa shape index (κ1) is 14.6. The fourth-order valence-corrected chi connectivity index (χ4v) is 2.66. The van der Waals surface area contributed by atoms with Crippen LogP contribution in [0.15, 0.2) is 36.4 Å². The van der Waals surface area contributed by atoms with Crippen molar-refractivity contribution >= 4 is 5.91 Å². The molecule has 0 aromatic heterocycles. The van der Waals surface area contributed by atoms with Crippen LogP contribution in [0.4, 0.5) is 13.2 Å². The normalized spacial score (nSPS) is 13.3. The highest BCUT2D eigenvalue weighted by atomic mass is 19.1. The number of hydrogen-bond acceptors (Lipinski definition) is 1. The predicted octanol–water partition coefficient (Wildman–Crippen LogP) is 3.58. The molecule has 0 saturated carbocycles. The molecule has 0 bridgehead atoms. The van der Waals surface area contributed by atoms with Crippen molar-refractivity contribution < 1.29 is 18.0 Å². The molecule has 1 aliphatic heterocycles. The Kier molecular flexibility index (Phi) is 3.88. The fraction of sp³-hybridized carbons (Fsp3) is 0.235. The van der Waals surface area contributed by atoms with Crippen molar-refractivity contribution in [1.82, 2.24) is 4.90 Å². The van der Waals surface area contributed by atoms with Gasteiger partial charge in [-0.15, -0.1) is 0 Å². The summed E-state index contributed by atoms with van der Waals surface area (Å²) in [4.78, 5) is 13.8. The largest absolute Gasteiger partial charge is 0.334 e. The smallest absolute Gasteiger partial charge is 0.223 e. The molecular formula is C17H14F3NO. The Labute approximate surface area is 126 Å². The van der Waals surface area contributed by atoms with E-state index in [1.165, 1.54) is 24.3 Å². The second-order valence-corrected chi connectivity index (χ2v) is 5.40. The molecule has 22 heavy (non-hydrogen) atoms. The summed E-state index contributed by atoms with van der Waals surface area (Å²) in [5, 5.41) is 0. The summed E-state index contributed by atoms with van der Waals surface area (Å²) in [5.41, 5.74) is 2.06. The number of carbonyl (C=O) groups is 1. The van der Waals surface area contributed by atoms with Gasteiger partial charge in [-0.1, -0.05) is 12.1 Å². The molecule has 3 rings (SSSR count). The van der Waals surface area contributed by atoms with Crippen LogP contribution in [0.1, 0.15) is 23.1 Å². The summed E-state index contributed by atoms with van der Waals surface area (Å²) < 4.78 is 39.5. The van der Waals surface area contributed by atoms with Gasteiger partial charge in [-0.25, -0.2) is 13.2 Å². The lowest BCUT2D eigenvalue weighted by atomic mass is 10.1. The van der Waals surface area contributed by atoms with Gasteiger partial charge in [0.15, 0.2) is 0 Å². The van der Waals surface area contributed by atoms with Gasteiger partial charge < -0.3 is 4.90 Å². The van der Waals surface area contributed by atoms with Crippen molar-refractivity contribution in [2.45, 2.75) is 25.9 Å². The molecule has 0 spiro atoms. The van der Waals surface area contributed by atoms with Gasteiger partial charge in [-0.05, 0) is 41.3 Å². The molecule has 1 aliphatic rings. The van der Waals surface area contributed by atoms with E-state index in [4.69, 9.17) is 0 Å². The van der Waals surface area contributed by atoms with E-state index in [1.807, 2.05) is 0 Å². The van der Waals surface area contributed by atoms with Crippen LogP contribution < -0.4 is 0 Å². The molecule has 0 radical (unpaired) electrons. The van der Waals surface area contributed by atoms with Gasteiger partial charge >= 0.3 is 0 Å². The van der Waals surface area contributed by atoms with Crippen LogP contribution in [-0.4, -0.2) is 10.8 Å². The van der Waals surface area contributed by atoms with Crippen LogP contribution in [0.3, 0.4) is 0 Å². The maximum absolute atomic E-state index is 13.5. The molecule has 1 heterocycles. The summed E-state index contributed by atoms with van der Waals surface area (Å²) in [6.45, 7) is 0.818. The number of hydrogen-bond donors (Lipinski definition) is 0. The second kappa shape index (κ2) is 5.83. The molecule has 1 amide bonds. The van der Waals surface area contributed by atoms with Gasteiger partial charge in [-0.2, -0.15) is 0 Å². The minimum Gasteiger partial charge on any atom is -0.334 e. The molecule has 0 saturated heterocycles. The quantitative estimate of drug-likeness (QED) is 0.849. The van der Waals surface area contributed by atoms with Crippen molar-refractivity contribution in [3.05, 3.63) is 70.5 Å². The molecule has 0 atom stereocenters. The Bertz CT molecular complexity index is 730. The van der Waals surface area contributed by atoms with Crippen LogP contribution >= 0.6 is 0 Å². The third kappa shape index (κ3) is 2.98. The first-order valence-electron chi connectivity index (χ1n) is 7.02. The van der Waals surface area contributed by atoms with E-state index in [1.54, 1.807) is 11.0 Å².